The van der Waals surface area contributed by atoms with Crippen molar-refractivity contribution in [3.63, 3.8) is 0 Å². The first-order valence-electron chi connectivity index (χ1n) is 6.66. The molecule has 1 aliphatic heterocycles. The lowest BCUT2D eigenvalue weighted by molar-refractivity contribution is 0.314. The van der Waals surface area contributed by atoms with E-state index in [0.717, 1.165) is 42.5 Å². The molecule has 3 heteroatoms. The summed E-state index contributed by atoms with van der Waals surface area (Å²) in [5.41, 5.74) is 1.31. The topological polar surface area (TPSA) is 21.3 Å². The van der Waals surface area contributed by atoms with E-state index in [0.29, 0.717) is 12.1 Å². The molecule has 3 rings (SSSR count). The van der Waals surface area contributed by atoms with Crippen LogP contribution in [0, 0.1) is 0 Å². The molecule has 0 spiro atoms. The van der Waals surface area contributed by atoms with E-state index in [1.54, 1.807) is 0 Å². The van der Waals surface area contributed by atoms with Gasteiger partial charge in [-0.25, -0.2) is 0 Å². The Balaban J connectivity index is 1.81. The number of benzene rings is 1. The van der Waals surface area contributed by atoms with Gasteiger partial charge in [0.15, 0.2) is 0 Å². The molecule has 0 radical (unpaired) electrons. The predicted octanol–water partition coefficient (Wildman–Crippen LogP) is 3.97. The summed E-state index contributed by atoms with van der Waals surface area (Å²) >= 11 is 3.51. The van der Waals surface area contributed by atoms with Crippen LogP contribution in [-0.2, 0) is 0 Å². The number of hydrogen-bond donors (Lipinski definition) is 1. The summed E-state index contributed by atoms with van der Waals surface area (Å²) in [7, 11) is 0. The van der Waals surface area contributed by atoms with E-state index in [1.165, 1.54) is 5.56 Å². The third-order valence-electron chi connectivity index (χ3n) is 3.69. The monoisotopic (exact) mass is 307 g/mol. The highest BCUT2D eigenvalue weighted by atomic mass is 79.9. The van der Waals surface area contributed by atoms with Crippen LogP contribution in [0.3, 0.4) is 0 Å². The predicted molar refractivity (Wildman–Crippen MR) is 76.9 cm³/mol. The molecule has 0 amide bonds. The van der Waals surface area contributed by atoms with Gasteiger partial charge in [0.25, 0.3) is 0 Å². The van der Waals surface area contributed by atoms with Crippen LogP contribution in [-0.4, -0.2) is 12.6 Å². The molecule has 96 valence electrons. The molecule has 1 atom stereocenters. The van der Waals surface area contributed by atoms with Crippen LogP contribution in [0.5, 0.6) is 5.75 Å². The fourth-order valence-electron chi connectivity index (χ4n) is 2.76. The number of ether oxygens (including phenoxy) is 1. The Morgan fingerprint density at radius 3 is 2.89 bits per heavy atom. The van der Waals surface area contributed by atoms with Crippen molar-refractivity contribution in [3.05, 3.63) is 40.4 Å². The summed E-state index contributed by atoms with van der Waals surface area (Å²) in [6.45, 7) is 0.824. The molecule has 0 fully saturated rings. The van der Waals surface area contributed by atoms with Crippen LogP contribution in [0.25, 0.3) is 0 Å². The Labute approximate surface area is 117 Å². The minimum Gasteiger partial charge on any atom is -0.493 e. The Bertz CT molecular complexity index is 450. The van der Waals surface area contributed by atoms with Crippen LogP contribution >= 0.6 is 15.9 Å². The van der Waals surface area contributed by atoms with Crippen molar-refractivity contribution in [3.8, 4) is 5.75 Å². The maximum Gasteiger partial charge on any atom is 0.125 e. The highest BCUT2D eigenvalue weighted by Crippen LogP contribution is 2.34. The highest BCUT2D eigenvalue weighted by molar-refractivity contribution is 9.10. The van der Waals surface area contributed by atoms with Crippen LogP contribution < -0.4 is 10.1 Å². The van der Waals surface area contributed by atoms with Gasteiger partial charge in [-0.2, -0.15) is 0 Å². The minimum atomic E-state index is 0.431. The maximum atomic E-state index is 5.84. The van der Waals surface area contributed by atoms with Gasteiger partial charge in [-0.05, 0) is 37.8 Å². The lowest BCUT2D eigenvalue weighted by atomic mass is 10.0. The van der Waals surface area contributed by atoms with Crippen molar-refractivity contribution in [2.24, 2.45) is 0 Å². The number of hydrogen-bond acceptors (Lipinski definition) is 2. The molecule has 0 aromatic heterocycles. The van der Waals surface area contributed by atoms with E-state index in [4.69, 9.17) is 4.74 Å². The zero-order valence-corrected chi connectivity index (χ0v) is 11.9. The molecular weight excluding hydrogens is 290 g/mol. The van der Waals surface area contributed by atoms with Crippen molar-refractivity contribution in [1.29, 1.82) is 0 Å². The molecule has 1 heterocycles. The van der Waals surface area contributed by atoms with Gasteiger partial charge < -0.3 is 10.1 Å². The van der Waals surface area contributed by atoms with E-state index in [9.17, 15) is 0 Å². The molecule has 0 bridgehead atoms. The average Bonchev–Trinajstić information content (AvgIpc) is 2.79. The van der Waals surface area contributed by atoms with E-state index < -0.39 is 0 Å². The van der Waals surface area contributed by atoms with Crippen molar-refractivity contribution in [2.45, 2.75) is 37.8 Å². The first-order valence-corrected chi connectivity index (χ1v) is 7.45. The Morgan fingerprint density at radius 1 is 1.22 bits per heavy atom. The van der Waals surface area contributed by atoms with Crippen LogP contribution in [0.1, 0.15) is 37.3 Å². The summed E-state index contributed by atoms with van der Waals surface area (Å²) in [6, 6.07) is 7.41. The third-order valence-corrected chi connectivity index (χ3v) is 4.18. The SMILES string of the molecule is Brc1ccc2c(c1)OCCCC2NC1CC=CC1. The van der Waals surface area contributed by atoms with E-state index >= 15 is 0 Å². The Hall–Kier alpha value is -0.800. The van der Waals surface area contributed by atoms with Gasteiger partial charge in [0, 0.05) is 22.1 Å². The highest BCUT2D eigenvalue weighted by Gasteiger charge is 2.22. The first kappa shape index (κ1) is 12.2. The van der Waals surface area contributed by atoms with Gasteiger partial charge in [-0.15, -0.1) is 0 Å². The molecule has 1 N–H and O–H groups in total. The second-order valence-corrected chi connectivity index (χ2v) is 5.95. The maximum absolute atomic E-state index is 5.84. The molecule has 0 saturated heterocycles. The van der Waals surface area contributed by atoms with Gasteiger partial charge in [0.05, 0.1) is 6.61 Å². The summed E-state index contributed by atoms with van der Waals surface area (Å²) < 4.78 is 6.93. The Kier molecular flexibility index (Phi) is 3.71. The minimum absolute atomic E-state index is 0.431. The fraction of sp³-hybridized carbons (Fsp3) is 0.467. The van der Waals surface area contributed by atoms with Crippen molar-refractivity contribution >= 4 is 15.9 Å². The summed E-state index contributed by atoms with van der Waals surface area (Å²) in [5.74, 6) is 1.03. The molecule has 2 aliphatic rings. The lowest BCUT2D eigenvalue weighted by Gasteiger charge is -2.22. The van der Waals surface area contributed by atoms with Crippen molar-refractivity contribution in [1.82, 2.24) is 5.32 Å². The molecular formula is C15H18BrNO. The van der Waals surface area contributed by atoms with E-state index in [2.05, 4.69) is 51.6 Å². The number of nitrogens with one attached hydrogen (secondary N) is 1. The van der Waals surface area contributed by atoms with Gasteiger partial charge in [-0.3, -0.25) is 0 Å². The quantitative estimate of drug-likeness (QED) is 0.835. The second kappa shape index (κ2) is 5.45. The lowest BCUT2D eigenvalue weighted by Crippen LogP contribution is -2.30. The Morgan fingerprint density at radius 2 is 2.06 bits per heavy atom. The zero-order valence-electron chi connectivity index (χ0n) is 10.4. The zero-order chi connectivity index (χ0) is 12.4. The third kappa shape index (κ3) is 2.62. The van der Waals surface area contributed by atoms with Crippen molar-refractivity contribution in [2.75, 3.05) is 6.61 Å². The largest absolute Gasteiger partial charge is 0.493 e. The molecule has 0 saturated carbocycles. The molecule has 18 heavy (non-hydrogen) atoms. The van der Waals surface area contributed by atoms with E-state index in [1.807, 2.05) is 0 Å². The summed E-state index contributed by atoms with van der Waals surface area (Å²) in [5, 5.41) is 3.78. The molecule has 1 aromatic carbocycles. The first-order chi connectivity index (χ1) is 8.83. The normalized spacial score (nSPS) is 23.5. The summed E-state index contributed by atoms with van der Waals surface area (Å²) in [6.07, 6.45) is 9.13. The van der Waals surface area contributed by atoms with Crippen LogP contribution in [0.15, 0.2) is 34.8 Å². The second-order valence-electron chi connectivity index (χ2n) is 5.03. The van der Waals surface area contributed by atoms with Crippen LogP contribution in [0.4, 0.5) is 0 Å². The van der Waals surface area contributed by atoms with Gasteiger partial charge in [-0.1, -0.05) is 34.1 Å². The van der Waals surface area contributed by atoms with E-state index in [-0.39, 0.29) is 0 Å². The molecule has 1 aliphatic carbocycles. The standard InChI is InChI=1S/C15H18BrNO/c16-11-7-8-13-14(17-12-4-1-2-5-12)6-3-9-18-15(13)10-11/h1-2,7-8,10,12,14,17H,3-6,9H2. The smallest absolute Gasteiger partial charge is 0.125 e. The fourth-order valence-corrected chi connectivity index (χ4v) is 3.10. The van der Waals surface area contributed by atoms with Gasteiger partial charge >= 0.3 is 0 Å². The number of rotatable bonds is 2. The van der Waals surface area contributed by atoms with Crippen molar-refractivity contribution < 1.29 is 4.74 Å². The molecule has 1 aromatic rings. The number of halogens is 1. The van der Waals surface area contributed by atoms with Gasteiger partial charge in [0.2, 0.25) is 0 Å². The van der Waals surface area contributed by atoms with Gasteiger partial charge in [0.1, 0.15) is 5.75 Å². The molecule has 1 unspecified atom stereocenters. The van der Waals surface area contributed by atoms with Crippen LogP contribution in [0.2, 0.25) is 0 Å². The average molecular weight is 308 g/mol. The molecule has 2 nitrogen and oxygen atoms in total. The number of fused-ring (bicyclic) bond motifs is 1. The summed E-state index contributed by atoms with van der Waals surface area (Å²) in [4.78, 5) is 0.